The van der Waals surface area contributed by atoms with Crippen molar-refractivity contribution in [3.8, 4) is 0 Å². The lowest BCUT2D eigenvalue weighted by Crippen LogP contribution is -2.36. The molecule has 0 radical (unpaired) electrons. The number of halogens is 5. The van der Waals surface area contributed by atoms with Gasteiger partial charge in [-0.2, -0.15) is 18.2 Å². The predicted octanol–water partition coefficient (Wildman–Crippen LogP) is 4.72. The summed E-state index contributed by atoms with van der Waals surface area (Å²) in [5.41, 5.74) is -1.65. The molecule has 0 saturated heterocycles. The molecule has 0 aliphatic carbocycles. The van der Waals surface area contributed by atoms with Crippen LogP contribution in [0, 0.1) is 5.82 Å². The molecule has 1 heterocycles. The molecule has 0 spiro atoms. The Morgan fingerprint density at radius 3 is 2.45 bits per heavy atom. The molecular weight excluding hydrogens is 440 g/mol. The van der Waals surface area contributed by atoms with E-state index in [0.29, 0.717) is 6.07 Å². The average Bonchev–Trinajstić information content (AvgIpc) is 2.66. The van der Waals surface area contributed by atoms with E-state index < -0.39 is 29.0 Å². The molecule has 0 bridgehead atoms. The number of amides is 1. The number of rotatable bonds is 3. The van der Waals surface area contributed by atoms with Crippen LogP contribution < -0.4 is 16.2 Å². The number of benzene rings is 2. The number of H-pyrrole nitrogens is 1. The van der Waals surface area contributed by atoms with Gasteiger partial charge in [0.25, 0.3) is 11.5 Å². The van der Waals surface area contributed by atoms with Gasteiger partial charge in [-0.15, -0.1) is 0 Å². The number of aromatic amines is 1. The van der Waals surface area contributed by atoms with Gasteiger partial charge < -0.3 is 10.3 Å². The van der Waals surface area contributed by atoms with Gasteiger partial charge in [0.05, 0.1) is 5.56 Å². The maximum absolute atomic E-state index is 13.5. The van der Waals surface area contributed by atoms with E-state index in [1.54, 1.807) is 6.07 Å². The summed E-state index contributed by atoms with van der Waals surface area (Å²) in [4.78, 5) is 30.2. The fourth-order valence-electron chi connectivity index (χ4n) is 2.48. The van der Waals surface area contributed by atoms with Gasteiger partial charge in [0.1, 0.15) is 11.6 Å². The number of pyridine rings is 1. The first-order chi connectivity index (χ1) is 14.6. The van der Waals surface area contributed by atoms with E-state index in [-0.39, 0.29) is 28.1 Å². The second kappa shape index (κ2) is 9.00. The van der Waals surface area contributed by atoms with Gasteiger partial charge in [-0.25, -0.2) is 4.39 Å². The summed E-state index contributed by atoms with van der Waals surface area (Å²) in [5, 5.41) is 5.19. The molecule has 11 heteroatoms. The van der Waals surface area contributed by atoms with Crippen molar-refractivity contribution in [2.75, 3.05) is 5.32 Å². The first kappa shape index (κ1) is 22.0. The van der Waals surface area contributed by atoms with Crippen LogP contribution in [0.5, 0.6) is 0 Å². The third-order valence-electron chi connectivity index (χ3n) is 3.80. The zero-order chi connectivity index (χ0) is 22.6. The molecule has 160 valence electrons. The van der Waals surface area contributed by atoms with Crippen LogP contribution in [0.25, 0.3) is 0 Å². The number of guanidine groups is 1. The zero-order valence-corrected chi connectivity index (χ0v) is 16.2. The number of nitrogens with zero attached hydrogens (tertiary/aromatic N) is 1. The van der Waals surface area contributed by atoms with Gasteiger partial charge in [-0.1, -0.05) is 23.7 Å². The summed E-state index contributed by atoms with van der Waals surface area (Å²) < 4.78 is 52.5. The summed E-state index contributed by atoms with van der Waals surface area (Å²) in [6.45, 7) is 0. The highest BCUT2D eigenvalue weighted by Gasteiger charge is 2.30. The van der Waals surface area contributed by atoms with Crippen LogP contribution in [0.1, 0.15) is 15.9 Å². The zero-order valence-electron chi connectivity index (χ0n) is 15.4. The number of carbonyl (C=O) groups is 1. The molecule has 3 aromatic rings. The molecule has 0 aliphatic rings. The van der Waals surface area contributed by atoms with Crippen LogP contribution >= 0.6 is 11.6 Å². The van der Waals surface area contributed by atoms with Crippen molar-refractivity contribution in [1.82, 2.24) is 10.3 Å². The highest BCUT2D eigenvalue weighted by molar-refractivity contribution is 6.31. The van der Waals surface area contributed by atoms with Gasteiger partial charge in [0.2, 0.25) is 5.96 Å². The number of carbonyl (C=O) groups excluding carboxylic acids is 1. The minimum atomic E-state index is -4.59. The van der Waals surface area contributed by atoms with Gasteiger partial charge >= 0.3 is 6.18 Å². The Bertz CT molecular complexity index is 1210. The quantitative estimate of drug-likeness (QED) is 0.305. The highest BCUT2D eigenvalue weighted by Crippen LogP contribution is 2.30. The summed E-state index contributed by atoms with van der Waals surface area (Å²) in [6.07, 6.45) is -4.59. The number of alkyl halides is 3. The largest absolute Gasteiger partial charge is 0.416 e. The van der Waals surface area contributed by atoms with E-state index in [0.717, 1.165) is 24.3 Å². The number of aromatic nitrogens is 1. The second-order valence-electron chi connectivity index (χ2n) is 6.18. The fraction of sp³-hybridized carbons (Fsp3) is 0.0500. The minimum Gasteiger partial charge on any atom is -0.326 e. The van der Waals surface area contributed by atoms with Crippen molar-refractivity contribution in [3.05, 3.63) is 93.0 Å². The number of aliphatic imine (C=N–C) groups is 1. The summed E-state index contributed by atoms with van der Waals surface area (Å²) >= 11 is 5.87. The van der Waals surface area contributed by atoms with Crippen molar-refractivity contribution >= 4 is 35.0 Å². The van der Waals surface area contributed by atoms with Crippen molar-refractivity contribution in [1.29, 1.82) is 0 Å². The third-order valence-corrected chi connectivity index (χ3v) is 4.03. The van der Waals surface area contributed by atoms with E-state index in [4.69, 9.17) is 11.6 Å². The maximum Gasteiger partial charge on any atom is 0.416 e. The monoisotopic (exact) mass is 452 g/mol. The highest BCUT2D eigenvalue weighted by atomic mass is 35.5. The standard InChI is InChI=1S/C20H13ClF4N4O2/c21-13-5-1-3-11(7-13)18(31)29-19(28-16-9-14(22)10-17(30)27-16)26-15-6-2-4-12(8-15)20(23,24)25/h1-10H,(H3,26,27,28,29,30,31). The van der Waals surface area contributed by atoms with E-state index in [9.17, 15) is 27.2 Å². The van der Waals surface area contributed by atoms with Crippen LogP contribution in [0.3, 0.4) is 0 Å². The Balaban J connectivity index is 1.97. The Labute approximate surface area is 177 Å². The van der Waals surface area contributed by atoms with Crippen molar-refractivity contribution in [2.45, 2.75) is 6.18 Å². The van der Waals surface area contributed by atoms with Crippen LogP contribution in [0.15, 0.2) is 70.5 Å². The molecule has 0 fully saturated rings. The van der Waals surface area contributed by atoms with Gasteiger partial charge in [0.15, 0.2) is 0 Å². The van der Waals surface area contributed by atoms with E-state index >= 15 is 0 Å². The first-order valence-electron chi connectivity index (χ1n) is 8.60. The fourth-order valence-corrected chi connectivity index (χ4v) is 2.67. The molecular formula is C20H13ClF4N4O2. The topological polar surface area (TPSA) is 86.3 Å². The number of anilines is 1. The van der Waals surface area contributed by atoms with Gasteiger partial charge in [-0.05, 0) is 36.4 Å². The minimum absolute atomic E-state index is 0.0567. The van der Waals surface area contributed by atoms with Crippen LogP contribution in [-0.2, 0) is 6.18 Å². The molecule has 1 amide bonds. The number of hydrogen-bond acceptors (Lipinski definition) is 3. The predicted molar refractivity (Wildman–Crippen MR) is 108 cm³/mol. The van der Waals surface area contributed by atoms with E-state index in [2.05, 4.69) is 20.6 Å². The molecule has 0 aliphatic heterocycles. The molecule has 6 nitrogen and oxygen atoms in total. The SMILES string of the molecule is O=C(N/C(=N/c1cc(F)cc(=O)[nH]1)Nc1cccc(C(F)(F)F)c1)c1cccc(Cl)c1. The van der Waals surface area contributed by atoms with Crippen molar-refractivity contribution in [2.24, 2.45) is 4.99 Å². The average molecular weight is 453 g/mol. The lowest BCUT2D eigenvalue weighted by Gasteiger charge is -2.14. The molecule has 1 aromatic heterocycles. The number of nitrogens with one attached hydrogen (secondary N) is 3. The second-order valence-corrected chi connectivity index (χ2v) is 6.61. The van der Waals surface area contributed by atoms with Gasteiger partial charge in [0, 0.05) is 28.4 Å². The maximum atomic E-state index is 13.5. The van der Waals surface area contributed by atoms with Gasteiger partial charge in [-0.3, -0.25) is 14.9 Å². The third kappa shape index (κ3) is 6.16. The smallest absolute Gasteiger partial charge is 0.326 e. The molecule has 0 saturated carbocycles. The van der Waals surface area contributed by atoms with E-state index in [1.165, 1.54) is 24.3 Å². The molecule has 3 rings (SSSR count). The lowest BCUT2D eigenvalue weighted by molar-refractivity contribution is -0.137. The Morgan fingerprint density at radius 1 is 1.03 bits per heavy atom. The molecule has 0 unspecified atom stereocenters. The van der Waals surface area contributed by atoms with Crippen molar-refractivity contribution < 1.29 is 22.4 Å². The van der Waals surface area contributed by atoms with Crippen LogP contribution in [0.4, 0.5) is 29.1 Å². The van der Waals surface area contributed by atoms with E-state index in [1.807, 2.05) is 0 Å². The Hall–Kier alpha value is -3.66. The lowest BCUT2D eigenvalue weighted by atomic mass is 10.2. The van der Waals surface area contributed by atoms with Crippen LogP contribution in [-0.4, -0.2) is 16.9 Å². The van der Waals surface area contributed by atoms with Crippen molar-refractivity contribution in [3.63, 3.8) is 0 Å². The Kier molecular flexibility index (Phi) is 6.40. The molecule has 0 atom stereocenters. The first-order valence-corrected chi connectivity index (χ1v) is 8.98. The summed E-state index contributed by atoms with van der Waals surface area (Å²) in [5.74, 6) is -2.21. The number of hydrogen-bond donors (Lipinski definition) is 3. The Morgan fingerprint density at radius 2 is 1.77 bits per heavy atom. The molecule has 2 aromatic carbocycles. The normalized spacial score (nSPS) is 11.8. The summed E-state index contributed by atoms with van der Waals surface area (Å²) in [6, 6.07) is 11.6. The molecule has 31 heavy (non-hydrogen) atoms. The van der Waals surface area contributed by atoms with Crippen LogP contribution in [0.2, 0.25) is 5.02 Å². The molecule has 3 N–H and O–H groups in total. The summed E-state index contributed by atoms with van der Waals surface area (Å²) in [7, 11) is 0.